The average molecular weight is 352 g/mol. The van der Waals surface area contributed by atoms with E-state index >= 15 is 0 Å². The molecular weight excluding hydrogens is 337 g/mol. The molecule has 1 unspecified atom stereocenters. The van der Waals surface area contributed by atoms with Gasteiger partial charge in [0.1, 0.15) is 5.82 Å². The van der Waals surface area contributed by atoms with Crippen molar-refractivity contribution in [2.75, 3.05) is 6.79 Å². The van der Waals surface area contributed by atoms with Gasteiger partial charge in [-0.15, -0.1) is 0 Å². The molecule has 0 aliphatic carbocycles. The highest BCUT2D eigenvalue weighted by Crippen LogP contribution is 2.32. The first kappa shape index (κ1) is 14.4. The lowest BCUT2D eigenvalue weighted by Crippen LogP contribution is -2.19. The Morgan fingerprint density at radius 3 is 2.81 bits per heavy atom. The predicted molar refractivity (Wildman–Crippen MR) is 81.9 cm³/mol. The van der Waals surface area contributed by atoms with E-state index in [0.29, 0.717) is 12.1 Å². The number of hydrogen-bond donors (Lipinski definition) is 1. The molecule has 0 amide bonds. The molecule has 1 heterocycles. The molecule has 110 valence electrons. The van der Waals surface area contributed by atoms with Crippen LogP contribution in [0.2, 0.25) is 0 Å². The van der Waals surface area contributed by atoms with Crippen LogP contribution in [-0.4, -0.2) is 6.79 Å². The molecule has 3 rings (SSSR count). The Kier molecular flexibility index (Phi) is 4.12. The fourth-order valence-electron chi connectivity index (χ4n) is 2.28. The first-order valence-electron chi connectivity index (χ1n) is 6.70. The van der Waals surface area contributed by atoms with Crippen molar-refractivity contribution in [3.05, 3.63) is 57.8 Å². The van der Waals surface area contributed by atoms with Gasteiger partial charge in [0.2, 0.25) is 6.79 Å². The third-order valence-corrected chi connectivity index (χ3v) is 3.97. The van der Waals surface area contributed by atoms with Crippen LogP contribution >= 0.6 is 15.9 Å². The number of halogens is 2. The van der Waals surface area contributed by atoms with Crippen molar-refractivity contribution >= 4 is 15.9 Å². The Morgan fingerprint density at radius 1 is 1.19 bits per heavy atom. The topological polar surface area (TPSA) is 30.5 Å². The molecule has 5 heteroatoms. The fourth-order valence-corrected chi connectivity index (χ4v) is 2.62. The van der Waals surface area contributed by atoms with E-state index in [4.69, 9.17) is 9.47 Å². The van der Waals surface area contributed by atoms with Crippen LogP contribution in [0.4, 0.5) is 4.39 Å². The number of fused-ring (bicyclic) bond motifs is 1. The van der Waals surface area contributed by atoms with Gasteiger partial charge in [-0.3, -0.25) is 0 Å². The van der Waals surface area contributed by atoms with Gasteiger partial charge in [-0.1, -0.05) is 28.1 Å². The second-order valence-corrected chi connectivity index (χ2v) is 5.87. The van der Waals surface area contributed by atoms with Gasteiger partial charge in [0.05, 0.1) is 0 Å². The normalized spacial score (nSPS) is 14.2. The second kappa shape index (κ2) is 6.03. The minimum atomic E-state index is -0.213. The Morgan fingerprint density at radius 2 is 2.00 bits per heavy atom. The molecule has 1 aliphatic rings. The van der Waals surface area contributed by atoms with Gasteiger partial charge in [0.15, 0.2) is 11.5 Å². The quantitative estimate of drug-likeness (QED) is 0.896. The minimum absolute atomic E-state index is 0.0801. The highest BCUT2D eigenvalue weighted by molar-refractivity contribution is 9.10. The van der Waals surface area contributed by atoms with Crippen molar-refractivity contribution in [1.82, 2.24) is 5.32 Å². The van der Waals surface area contributed by atoms with Gasteiger partial charge in [-0.05, 0) is 36.8 Å². The van der Waals surface area contributed by atoms with Gasteiger partial charge >= 0.3 is 0 Å². The van der Waals surface area contributed by atoms with E-state index in [9.17, 15) is 4.39 Å². The van der Waals surface area contributed by atoms with Gasteiger partial charge in [-0.2, -0.15) is 0 Å². The zero-order valence-electron chi connectivity index (χ0n) is 11.5. The van der Waals surface area contributed by atoms with E-state index in [1.165, 1.54) is 6.07 Å². The number of nitrogens with one attached hydrogen (secondary N) is 1. The van der Waals surface area contributed by atoms with Crippen LogP contribution in [0.25, 0.3) is 0 Å². The van der Waals surface area contributed by atoms with Crippen LogP contribution in [0.3, 0.4) is 0 Å². The summed E-state index contributed by atoms with van der Waals surface area (Å²) in [6.07, 6.45) is 0. The largest absolute Gasteiger partial charge is 0.454 e. The molecule has 0 saturated carbocycles. The first-order chi connectivity index (χ1) is 10.1. The number of rotatable bonds is 4. The SMILES string of the molecule is CC(NCc1ccc2c(c1)OCO2)c1ccc(Br)cc1F. The summed E-state index contributed by atoms with van der Waals surface area (Å²) in [6, 6.07) is 10.8. The van der Waals surface area contributed by atoms with Crippen LogP contribution in [0.1, 0.15) is 24.1 Å². The molecule has 2 aromatic carbocycles. The zero-order chi connectivity index (χ0) is 14.8. The standard InChI is InChI=1S/C16H15BrFNO2/c1-10(13-4-3-12(17)7-14(13)18)19-8-11-2-5-15-16(6-11)21-9-20-15/h2-7,10,19H,8-9H2,1H3. The summed E-state index contributed by atoms with van der Waals surface area (Å²) < 4.78 is 25.3. The molecule has 0 bridgehead atoms. The minimum Gasteiger partial charge on any atom is -0.454 e. The molecular formula is C16H15BrFNO2. The summed E-state index contributed by atoms with van der Waals surface area (Å²) in [4.78, 5) is 0. The van der Waals surface area contributed by atoms with E-state index in [1.807, 2.05) is 31.2 Å². The van der Waals surface area contributed by atoms with Crippen molar-refractivity contribution in [1.29, 1.82) is 0 Å². The molecule has 1 atom stereocenters. The maximum Gasteiger partial charge on any atom is 0.231 e. The molecule has 0 fully saturated rings. The van der Waals surface area contributed by atoms with Crippen molar-refractivity contribution in [3.8, 4) is 11.5 Å². The molecule has 1 N–H and O–H groups in total. The smallest absolute Gasteiger partial charge is 0.231 e. The van der Waals surface area contributed by atoms with Crippen molar-refractivity contribution < 1.29 is 13.9 Å². The molecule has 3 nitrogen and oxygen atoms in total. The second-order valence-electron chi connectivity index (χ2n) is 4.96. The van der Waals surface area contributed by atoms with Gasteiger partial charge in [0.25, 0.3) is 0 Å². The highest BCUT2D eigenvalue weighted by Gasteiger charge is 2.14. The third kappa shape index (κ3) is 3.19. The van der Waals surface area contributed by atoms with Gasteiger partial charge < -0.3 is 14.8 Å². The summed E-state index contributed by atoms with van der Waals surface area (Å²) in [5, 5.41) is 3.31. The number of ether oxygens (including phenoxy) is 2. The first-order valence-corrected chi connectivity index (χ1v) is 7.49. The van der Waals surface area contributed by atoms with Crippen LogP contribution in [0, 0.1) is 5.82 Å². The predicted octanol–water partition coefficient (Wildman–Crippen LogP) is 4.17. The molecule has 21 heavy (non-hydrogen) atoms. The molecule has 0 saturated heterocycles. The summed E-state index contributed by atoms with van der Waals surface area (Å²) in [7, 11) is 0. The Bertz CT molecular complexity index is 663. The lowest BCUT2D eigenvalue weighted by Gasteiger charge is -2.15. The van der Waals surface area contributed by atoms with Crippen molar-refractivity contribution in [2.45, 2.75) is 19.5 Å². The number of hydrogen-bond acceptors (Lipinski definition) is 3. The maximum atomic E-state index is 13.9. The summed E-state index contributed by atoms with van der Waals surface area (Å²) in [5.74, 6) is 1.32. The molecule has 0 radical (unpaired) electrons. The van der Waals surface area contributed by atoms with Gasteiger partial charge in [0, 0.05) is 22.6 Å². The van der Waals surface area contributed by atoms with Crippen LogP contribution in [-0.2, 0) is 6.54 Å². The van der Waals surface area contributed by atoms with Crippen LogP contribution < -0.4 is 14.8 Å². The average Bonchev–Trinajstić information content (AvgIpc) is 2.92. The van der Waals surface area contributed by atoms with E-state index < -0.39 is 0 Å². The monoisotopic (exact) mass is 351 g/mol. The summed E-state index contributed by atoms with van der Waals surface area (Å²) >= 11 is 3.26. The van der Waals surface area contributed by atoms with Crippen molar-refractivity contribution in [2.24, 2.45) is 0 Å². The molecule has 2 aromatic rings. The van der Waals surface area contributed by atoms with Crippen LogP contribution in [0.5, 0.6) is 11.5 Å². The number of benzene rings is 2. The Balaban J connectivity index is 1.67. The van der Waals surface area contributed by atoms with Crippen LogP contribution in [0.15, 0.2) is 40.9 Å². The molecule has 0 spiro atoms. The lowest BCUT2D eigenvalue weighted by atomic mass is 10.1. The summed E-state index contributed by atoms with van der Waals surface area (Å²) in [5.41, 5.74) is 1.72. The van der Waals surface area contributed by atoms with Crippen molar-refractivity contribution in [3.63, 3.8) is 0 Å². The molecule has 1 aliphatic heterocycles. The highest BCUT2D eigenvalue weighted by atomic mass is 79.9. The summed E-state index contributed by atoms with van der Waals surface area (Å²) in [6.45, 7) is 2.85. The van der Waals surface area contributed by atoms with E-state index in [-0.39, 0.29) is 18.7 Å². The van der Waals surface area contributed by atoms with E-state index in [2.05, 4.69) is 21.2 Å². The lowest BCUT2D eigenvalue weighted by molar-refractivity contribution is 0.174. The third-order valence-electron chi connectivity index (χ3n) is 3.48. The van der Waals surface area contributed by atoms with E-state index in [1.54, 1.807) is 6.07 Å². The van der Waals surface area contributed by atoms with E-state index in [0.717, 1.165) is 21.5 Å². The van der Waals surface area contributed by atoms with Gasteiger partial charge in [-0.25, -0.2) is 4.39 Å². The fraction of sp³-hybridized carbons (Fsp3) is 0.250. The Hall–Kier alpha value is -1.59. The maximum absolute atomic E-state index is 13.9. The molecule has 0 aromatic heterocycles. The zero-order valence-corrected chi connectivity index (χ0v) is 13.1. The Labute approximate surface area is 131 Å².